The standard InChI is InChI=1S/C24H31N5O3/c1-27-20-10-16(15-6-8-28(9-7-15)17-11-24(12-17)13-25-14-24)2-3-18(20)29(23(27)32)19-4-5-21(30)26-22(19)31/h2-3,10,15,17,19,25H,4-9,11-14H2,1H3,(H,26,30,31). The Morgan fingerprint density at radius 1 is 1.00 bits per heavy atom. The summed E-state index contributed by atoms with van der Waals surface area (Å²) < 4.78 is 3.20. The van der Waals surface area contributed by atoms with Gasteiger partial charge in [-0.05, 0) is 74.2 Å². The first kappa shape index (κ1) is 20.2. The first-order chi connectivity index (χ1) is 15.4. The number of hydrogen-bond acceptors (Lipinski definition) is 5. The third kappa shape index (κ3) is 3.07. The molecule has 2 amide bonds. The van der Waals surface area contributed by atoms with Gasteiger partial charge in [-0.2, -0.15) is 0 Å². The van der Waals surface area contributed by atoms with Gasteiger partial charge in [-0.25, -0.2) is 4.79 Å². The zero-order chi connectivity index (χ0) is 22.0. The van der Waals surface area contributed by atoms with Crippen LogP contribution in [-0.2, 0) is 16.6 Å². The summed E-state index contributed by atoms with van der Waals surface area (Å²) in [6, 6.07) is 6.39. The number of imidazole rings is 1. The van der Waals surface area contributed by atoms with Gasteiger partial charge in [0.25, 0.3) is 0 Å². The lowest BCUT2D eigenvalue weighted by Crippen LogP contribution is -2.65. The van der Waals surface area contributed by atoms with Crippen LogP contribution in [0, 0.1) is 5.41 Å². The number of imide groups is 1. The van der Waals surface area contributed by atoms with Crippen LogP contribution >= 0.6 is 0 Å². The van der Waals surface area contributed by atoms with Crippen molar-refractivity contribution in [3.05, 3.63) is 34.2 Å². The molecule has 8 heteroatoms. The van der Waals surface area contributed by atoms with E-state index < -0.39 is 6.04 Å². The molecule has 4 aliphatic rings. The Kier molecular flexibility index (Phi) is 4.59. The molecule has 32 heavy (non-hydrogen) atoms. The number of likely N-dealkylation sites (tertiary alicyclic amines) is 1. The number of nitrogens with zero attached hydrogens (tertiary/aromatic N) is 3. The third-order valence-corrected chi connectivity index (χ3v) is 8.49. The highest BCUT2D eigenvalue weighted by atomic mass is 16.2. The van der Waals surface area contributed by atoms with Crippen molar-refractivity contribution in [2.45, 2.75) is 56.5 Å². The van der Waals surface area contributed by atoms with E-state index >= 15 is 0 Å². The fourth-order valence-electron chi connectivity index (χ4n) is 6.43. The largest absolute Gasteiger partial charge is 0.329 e. The van der Waals surface area contributed by atoms with E-state index in [9.17, 15) is 14.4 Å². The van der Waals surface area contributed by atoms with Gasteiger partial charge >= 0.3 is 5.69 Å². The van der Waals surface area contributed by atoms with E-state index in [1.54, 1.807) is 16.2 Å². The van der Waals surface area contributed by atoms with Crippen LogP contribution in [0.1, 0.15) is 56.0 Å². The number of hydrogen-bond donors (Lipinski definition) is 2. The Labute approximate surface area is 186 Å². The van der Waals surface area contributed by atoms with Gasteiger partial charge in [0.1, 0.15) is 6.04 Å². The highest BCUT2D eigenvalue weighted by molar-refractivity contribution is 6.00. The van der Waals surface area contributed by atoms with Crippen LogP contribution in [0.3, 0.4) is 0 Å². The summed E-state index contributed by atoms with van der Waals surface area (Å²) in [5, 5.41) is 5.80. The molecular formula is C24H31N5O3. The highest BCUT2D eigenvalue weighted by Gasteiger charge is 2.50. The topological polar surface area (TPSA) is 88.4 Å². The summed E-state index contributed by atoms with van der Waals surface area (Å²) in [7, 11) is 1.77. The molecule has 1 spiro atoms. The van der Waals surface area contributed by atoms with Crippen LogP contribution < -0.4 is 16.3 Å². The second kappa shape index (κ2) is 7.28. The molecule has 3 aliphatic heterocycles. The Balaban J connectivity index is 1.20. The minimum atomic E-state index is -0.630. The fraction of sp³-hybridized carbons (Fsp3) is 0.625. The minimum absolute atomic E-state index is 0.203. The number of piperidine rings is 2. The molecular weight excluding hydrogens is 406 g/mol. The van der Waals surface area contributed by atoms with E-state index in [0.717, 1.165) is 43.0 Å². The molecule has 0 bridgehead atoms. The Morgan fingerprint density at radius 2 is 1.75 bits per heavy atom. The molecule has 170 valence electrons. The molecule has 8 nitrogen and oxygen atoms in total. The maximum atomic E-state index is 13.0. The van der Waals surface area contributed by atoms with Gasteiger partial charge in [-0.3, -0.25) is 24.0 Å². The smallest absolute Gasteiger partial charge is 0.316 e. The van der Waals surface area contributed by atoms with E-state index in [0.29, 0.717) is 17.8 Å². The quantitative estimate of drug-likeness (QED) is 0.706. The fourth-order valence-corrected chi connectivity index (χ4v) is 6.43. The van der Waals surface area contributed by atoms with Gasteiger partial charge in [0.2, 0.25) is 11.8 Å². The molecule has 1 atom stereocenters. The molecule has 4 heterocycles. The molecule has 4 fully saturated rings. The van der Waals surface area contributed by atoms with Crippen molar-refractivity contribution in [3.8, 4) is 0 Å². The maximum absolute atomic E-state index is 13.0. The number of aryl methyl sites for hydroxylation is 1. The maximum Gasteiger partial charge on any atom is 0.329 e. The van der Waals surface area contributed by atoms with Crippen LogP contribution in [-0.4, -0.2) is 58.1 Å². The first-order valence-electron chi connectivity index (χ1n) is 11.9. The van der Waals surface area contributed by atoms with Gasteiger partial charge in [0.15, 0.2) is 0 Å². The average Bonchev–Trinajstić information content (AvgIpc) is 2.97. The molecule has 3 saturated heterocycles. The van der Waals surface area contributed by atoms with Crippen molar-refractivity contribution in [2.75, 3.05) is 26.2 Å². The lowest BCUT2D eigenvalue weighted by molar-refractivity contribution is -0.135. The summed E-state index contributed by atoms with van der Waals surface area (Å²) in [6.45, 7) is 4.70. The number of rotatable bonds is 3. The molecule has 1 unspecified atom stereocenters. The van der Waals surface area contributed by atoms with Crippen molar-refractivity contribution in [3.63, 3.8) is 0 Å². The second-order valence-electron chi connectivity index (χ2n) is 10.4. The van der Waals surface area contributed by atoms with Crippen molar-refractivity contribution in [1.82, 2.24) is 24.7 Å². The van der Waals surface area contributed by atoms with Crippen LogP contribution in [0.5, 0.6) is 0 Å². The van der Waals surface area contributed by atoms with E-state index in [2.05, 4.69) is 27.7 Å². The zero-order valence-electron chi connectivity index (χ0n) is 18.6. The normalized spacial score (nSPS) is 26.8. The predicted molar refractivity (Wildman–Crippen MR) is 120 cm³/mol. The van der Waals surface area contributed by atoms with Crippen molar-refractivity contribution in [1.29, 1.82) is 0 Å². The molecule has 2 N–H and O–H groups in total. The average molecular weight is 438 g/mol. The van der Waals surface area contributed by atoms with E-state index in [1.807, 2.05) is 6.07 Å². The Bertz CT molecular complexity index is 1140. The lowest BCUT2D eigenvalue weighted by Gasteiger charge is -2.58. The van der Waals surface area contributed by atoms with E-state index in [-0.39, 0.29) is 23.9 Å². The lowest BCUT2D eigenvalue weighted by atomic mass is 9.61. The first-order valence-corrected chi connectivity index (χ1v) is 11.9. The molecule has 6 rings (SSSR count). The number of aromatic nitrogens is 2. The van der Waals surface area contributed by atoms with E-state index in [1.165, 1.54) is 31.5 Å². The van der Waals surface area contributed by atoms with Gasteiger partial charge < -0.3 is 10.2 Å². The second-order valence-corrected chi connectivity index (χ2v) is 10.4. The van der Waals surface area contributed by atoms with Crippen LogP contribution in [0.15, 0.2) is 23.0 Å². The van der Waals surface area contributed by atoms with Crippen LogP contribution in [0.4, 0.5) is 0 Å². The number of fused-ring (bicyclic) bond motifs is 1. The van der Waals surface area contributed by atoms with Crippen molar-refractivity contribution >= 4 is 22.8 Å². The van der Waals surface area contributed by atoms with Crippen molar-refractivity contribution < 1.29 is 9.59 Å². The van der Waals surface area contributed by atoms with Gasteiger partial charge in [-0.15, -0.1) is 0 Å². The third-order valence-electron chi connectivity index (χ3n) is 8.49. The number of benzene rings is 1. The zero-order valence-corrected chi connectivity index (χ0v) is 18.6. The summed E-state index contributed by atoms with van der Waals surface area (Å²) in [5.41, 5.74) is 3.32. The van der Waals surface area contributed by atoms with Gasteiger partial charge in [-0.1, -0.05) is 6.07 Å². The highest BCUT2D eigenvalue weighted by Crippen LogP contribution is 2.47. The van der Waals surface area contributed by atoms with Crippen molar-refractivity contribution in [2.24, 2.45) is 12.5 Å². The van der Waals surface area contributed by atoms with Crippen LogP contribution in [0.2, 0.25) is 0 Å². The SMILES string of the molecule is Cn1c(=O)n(C2CCC(=O)NC2=O)c2ccc(C3CCN(C4CC5(CNC5)C4)CC3)cc21. The van der Waals surface area contributed by atoms with Crippen LogP contribution in [0.25, 0.3) is 11.0 Å². The molecule has 1 aromatic heterocycles. The Morgan fingerprint density at radius 3 is 2.41 bits per heavy atom. The summed E-state index contributed by atoms with van der Waals surface area (Å²) >= 11 is 0. The summed E-state index contributed by atoms with van der Waals surface area (Å²) in [5.74, 6) is -0.151. The molecule has 1 saturated carbocycles. The monoisotopic (exact) mass is 437 g/mol. The number of carbonyl (C=O) groups excluding carboxylic acids is 2. The predicted octanol–water partition coefficient (Wildman–Crippen LogP) is 1.25. The molecule has 0 radical (unpaired) electrons. The molecule has 1 aromatic carbocycles. The van der Waals surface area contributed by atoms with Gasteiger partial charge in [0.05, 0.1) is 11.0 Å². The van der Waals surface area contributed by atoms with Gasteiger partial charge in [0, 0.05) is 32.6 Å². The summed E-state index contributed by atoms with van der Waals surface area (Å²) in [6.07, 6.45) is 5.63. The van der Waals surface area contributed by atoms with E-state index in [4.69, 9.17) is 0 Å². The molecule has 2 aromatic rings. The molecule has 1 aliphatic carbocycles. The Hall–Kier alpha value is -2.45. The number of amides is 2. The number of nitrogens with one attached hydrogen (secondary N) is 2. The summed E-state index contributed by atoms with van der Waals surface area (Å²) in [4.78, 5) is 39.6. The minimum Gasteiger partial charge on any atom is -0.316 e. The number of carbonyl (C=O) groups is 2.